The van der Waals surface area contributed by atoms with E-state index >= 15 is 0 Å². The van der Waals surface area contributed by atoms with Gasteiger partial charge in [-0.15, -0.1) is 0 Å². The van der Waals surface area contributed by atoms with Gasteiger partial charge in [-0.3, -0.25) is 9.30 Å². The smallest absolute Gasteiger partial charge is 0.155 e. The number of aromatic nitrogens is 3. The lowest BCUT2D eigenvalue weighted by molar-refractivity contribution is -0.0254. The zero-order valence-corrected chi connectivity index (χ0v) is 13.7. The highest BCUT2D eigenvalue weighted by atomic mass is 79.9. The number of nitrogens with zero attached hydrogens (tertiary/aromatic N) is 4. The van der Waals surface area contributed by atoms with Crippen molar-refractivity contribution in [1.29, 1.82) is 0 Å². The van der Waals surface area contributed by atoms with Gasteiger partial charge in [0, 0.05) is 32.4 Å². The lowest BCUT2D eigenvalue weighted by Crippen LogP contribution is -2.46. The number of likely N-dealkylation sites (N-methyl/N-ethyl adjacent to an activating group) is 1. The summed E-state index contributed by atoms with van der Waals surface area (Å²) < 4.78 is 8.65. The van der Waals surface area contributed by atoms with Gasteiger partial charge < -0.3 is 10.1 Å². The Balaban J connectivity index is 1.56. The molecule has 3 heterocycles. The van der Waals surface area contributed by atoms with Gasteiger partial charge in [0.25, 0.3) is 0 Å². The van der Waals surface area contributed by atoms with Gasteiger partial charge in [-0.05, 0) is 22.5 Å². The van der Waals surface area contributed by atoms with Crippen molar-refractivity contribution in [3.8, 4) is 0 Å². The highest BCUT2D eigenvalue weighted by Crippen LogP contribution is 2.11. The largest absolute Gasteiger partial charge is 0.374 e. The van der Waals surface area contributed by atoms with E-state index in [2.05, 4.69) is 43.0 Å². The fourth-order valence-corrected chi connectivity index (χ4v) is 2.91. The van der Waals surface area contributed by atoms with E-state index in [1.165, 1.54) is 0 Å². The Morgan fingerprint density at radius 2 is 2.33 bits per heavy atom. The van der Waals surface area contributed by atoms with Crippen LogP contribution in [0.25, 0.3) is 5.65 Å². The second kappa shape index (κ2) is 6.83. The molecular weight excluding hydrogens is 334 g/mol. The number of imidazole rings is 1. The standard InChI is InChI=1S/C14H20BrN5O/c1-2-19-3-4-21-12(9-19)7-16-5-11-6-18-14-8-17-13(15)10-20(11)14/h6,8,10,12,16H,2-5,7,9H2,1H3. The number of nitrogens with one attached hydrogen (secondary N) is 1. The second-order valence-corrected chi connectivity index (χ2v) is 6.02. The van der Waals surface area contributed by atoms with Crippen molar-refractivity contribution in [3.63, 3.8) is 0 Å². The molecule has 2 aromatic heterocycles. The van der Waals surface area contributed by atoms with Crippen LogP contribution in [0.5, 0.6) is 0 Å². The predicted octanol–water partition coefficient (Wildman–Crippen LogP) is 1.30. The lowest BCUT2D eigenvalue weighted by atomic mass is 10.2. The minimum atomic E-state index is 0.270. The van der Waals surface area contributed by atoms with Crippen molar-refractivity contribution >= 4 is 21.6 Å². The van der Waals surface area contributed by atoms with Crippen molar-refractivity contribution in [2.45, 2.75) is 19.6 Å². The SMILES string of the molecule is CCN1CCOC(CNCc2cnc3cnc(Br)cn23)C1. The third-order valence-corrected chi connectivity index (χ3v) is 4.20. The Morgan fingerprint density at radius 3 is 3.19 bits per heavy atom. The summed E-state index contributed by atoms with van der Waals surface area (Å²) in [6.45, 7) is 7.79. The first-order valence-corrected chi connectivity index (χ1v) is 8.07. The molecule has 1 N–H and O–H groups in total. The summed E-state index contributed by atoms with van der Waals surface area (Å²) >= 11 is 3.39. The predicted molar refractivity (Wildman–Crippen MR) is 84.2 cm³/mol. The summed E-state index contributed by atoms with van der Waals surface area (Å²) in [4.78, 5) is 11.0. The molecule has 0 saturated carbocycles. The van der Waals surface area contributed by atoms with Crippen LogP contribution < -0.4 is 5.32 Å². The first-order chi connectivity index (χ1) is 10.3. The van der Waals surface area contributed by atoms with Gasteiger partial charge in [-0.2, -0.15) is 0 Å². The zero-order valence-electron chi connectivity index (χ0n) is 12.1. The number of rotatable bonds is 5. The van der Waals surface area contributed by atoms with Crippen LogP contribution in [0.3, 0.4) is 0 Å². The second-order valence-electron chi connectivity index (χ2n) is 5.20. The molecule has 0 bridgehead atoms. The van der Waals surface area contributed by atoms with Crippen LogP contribution in [0.15, 0.2) is 23.2 Å². The molecule has 1 atom stereocenters. The molecule has 114 valence electrons. The number of hydrogen-bond donors (Lipinski definition) is 1. The normalized spacial score (nSPS) is 20.2. The Hall–Kier alpha value is -1.02. The summed E-state index contributed by atoms with van der Waals surface area (Å²) in [7, 11) is 0. The number of hydrogen-bond acceptors (Lipinski definition) is 5. The van der Waals surface area contributed by atoms with E-state index in [1.54, 1.807) is 6.20 Å². The first kappa shape index (κ1) is 14.9. The van der Waals surface area contributed by atoms with Crippen LogP contribution in [0.1, 0.15) is 12.6 Å². The summed E-state index contributed by atoms with van der Waals surface area (Å²) in [6.07, 6.45) is 5.86. The van der Waals surface area contributed by atoms with Gasteiger partial charge in [0.15, 0.2) is 5.65 Å². The summed E-state index contributed by atoms with van der Waals surface area (Å²) in [5, 5.41) is 3.47. The van der Waals surface area contributed by atoms with Crippen molar-refractivity contribution in [2.24, 2.45) is 0 Å². The quantitative estimate of drug-likeness (QED) is 0.877. The minimum absolute atomic E-state index is 0.270. The molecule has 2 aromatic rings. The molecule has 6 nitrogen and oxygen atoms in total. The molecule has 1 fully saturated rings. The molecule has 1 aliphatic heterocycles. The maximum atomic E-state index is 5.79. The van der Waals surface area contributed by atoms with E-state index in [1.807, 2.05) is 16.8 Å². The highest BCUT2D eigenvalue weighted by molar-refractivity contribution is 9.10. The minimum Gasteiger partial charge on any atom is -0.374 e. The Morgan fingerprint density at radius 1 is 1.43 bits per heavy atom. The van der Waals surface area contributed by atoms with E-state index in [0.29, 0.717) is 0 Å². The molecule has 21 heavy (non-hydrogen) atoms. The molecule has 1 unspecified atom stereocenters. The van der Waals surface area contributed by atoms with Gasteiger partial charge in [-0.25, -0.2) is 9.97 Å². The zero-order chi connectivity index (χ0) is 14.7. The highest BCUT2D eigenvalue weighted by Gasteiger charge is 2.18. The molecule has 1 aliphatic rings. The van der Waals surface area contributed by atoms with Gasteiger partial charge >= 0.3 is 0 Å². The average Bonchev–Trinajstić information content (AvgIpc) is 2.90. The molecule has 7 heteroatoms. The van der Waals surface area contributed by atoms with E-state index in [9.17, 15) is 0 Å². The topological polar surface area (TPSA) is 54.7 Å². The van der Waals surface area contributed by atoms with Gasteiger partial charge in [-0.1, -0.05) is 6.92 Å². The summed E-state index contributed by atoms with van der Waals surface area (Å²) in [6, 6.07) is 0. The van der Waals surface area contributed by atoms with Crippen molar-refractivity contribution in [2.75, 3.05) is 32.8 Å². The first-order valence-electron chi connectivity index (χ1n) is 7.28. The van der Waals surface area contributed by atoms with E-state index in [0.717, 1.165) is 55.3 Å². The molecule has 0 radical (unpaired) electrons. The van der Waals surface area contributed by atoms with Gasteiger partial charge in [0.05, 0.1) is 30.8 Å². The Bertz CT molecular complexity index is 602. The van der Waals surface area contributed by atoms with Crippen LogP contribution in [-0.2, 0) is 11.3 Å². The summed E-state index contributed by atoms with van der Waals surface area (Å²) in [5.41, 5.74) is 1.98. The molecule has 0 aromatic carbocycles. The fourth-order valence-electron chi connectivity index (χ4n) is 2.60. The number of morpholine rings is 1. The third kappa shape index (κ3) is 3.60. The number of ether oxygens (including phenoxy) is 1. The Kier molecular flexibility index (Phi) is 4.84. The molecule has 3 rings (SSSR count). The molecule has 1 saturated heterocycles. The molecule has 0 amide bonds. The molecule has 0 aliphatic carbocycles. The fraction of sp³-hybridized carbons (Fsp3) is 0.571. The molecule has 0 spiro atoms. The third-order valence-electron chi connectivity index (χ3n) is 3.79. The van der Waals surface area contributed by atoms with E-state index in [4.69, 9.17) is 4.74 Å². The summed E-state index contributed by atoms with van der Waals surface area (Å²) in [5.74, 6) is 0. The Labute approximate surface area is 132 Å². The number of halogens is 1. The maximum absolute atomic E-state index is 5.79. The van der Waals surface area contributed by atoms with Crippen molar-refractivity contribution < 1.29 is 4.74 Å². The van der Waals surface area contributed by atoms with Crippen LogP contribution in [-0.4, -0.2) is 58.2 Å². The number of fused-ring (bicyclic) bond motifs is 1. The molecular formula is C14H20BrN5O. The van der Waals surface area contributed by atoms with Crippen molar-refractivity contribution in [3.05, 3.63) is 28.9 Å². The van der Waals surface area contributed by atoms with Gasteiger partial charge in [0.2, 0.25) is 0 Å². The van der Waals surface area contributed by atoms with Crippen LogP contribution >= 0.6 is 15.9 Å². The van der Waals surface area contributed by atoms with Crippen LogP contribution in [0.2, 0.25) is 0 Å². The van der Waals surface area contributed by atoms with Gasteiger partial charge in [0.1, 0.15) is 4.60 Å². The maximum Gasteiger partial charge on any atom is 0.155 e. The van der Waals surface area contributed by atoms with E-state index in [-0.39, 0.29) is 6.10 Å². The van der Waals surface area contributed by atoms with Crippen molar-refractivity contribution in [1.82, 2.24) is 24.6 Å². The average molecular weight is 354 g/mol. The monoisotopic (exact) mass is 353 g/mol. The van der Waals surface area contributed by atoms with Crippen LogP contribution in [0.4, 0.5) is 0 Å². The van der Waals surface area contributed by atoms with E-state index < -0.39 is 0 Å². The van der Waals surface area contributed by atoms with Crippen LogP contribution in [0, 0.1) is 0 Å². The lowest BCUT2D eigenvalue weighted by Gasteiger charge is -2.32.